The van der Waals surface area contributed by atoms with Gasteiger partial charge in [-0.1, -0.05) is 0 Å². The maximum Gasteiger partial charge on any atom is 0.353 e. The quantitative estimate of drug-likeness (QED) is 0.303. The van der Waals surface area contributed by atoms with Gasteiger partial charge in [0.15, 0.2) is 0 Å². The van der Waals surface area contributed by atoms with E-state index in [-0.39, 0.29) is 30.5 Å². The second kappa shape index (κ2) is 8.73. The number of hydrogen-bond acceptors (Lipinski definition) is 7. The van der Waals surface area contributed by atoms with Crippen molar-refractivity contribution < 1.29 is 24.6 Å². The topological polar surface area (TPSA) is 157 Å². The lowest BCUT2D eigenvalue weighted by atomic mass is 9.77. The van der Waals surface area contributed by atoms with Crippen molar-refractivity contribution in [1.29, 1.82) is 5.26 Å². The van der Waals surface area contributed by atoms with Crippen LogP contribution < -0.4 is 11.1 Å². The van der Waals surface area contributed by atoms with Crippen LogP contribution in [-0.4, -0.2) is 63.4 Å². The lowest BCUT2D eigenvalue weighted by Crippen LogP contribution is -2.64. The molecule has 148 valence electrons. The molecule has 0 aromatic heterocycles. The summed E-state index contributed by atoms with van der Waals surface area (Å²) in [7, 11) is 0. The van der Waals surface area contributed by atoms with Crippen molar-refractivity contribution in [3.8, 4) is 6.07 Å². The number of nitrogens with two attached hydrogens (primary N) is 1. The number of thioether (sulfide) groups is 1. The molecule has 27 heavy (non-hydrogen) atoms. The van der Waals surface area contributed by atoms with Gasteiger partial charge in [0.2, 0.25) is 11.8 Å². The number of β-lactam (4-membered cyclic amide) rings is 1. The van der Waals surface area contributed by atoms with Gasteiger partial charge in [-0.15, -0.1) is 11.8 Å². The lowest BCUT2D eigenvalue weighted by Gasteiger charge is -2.47. The summed E-state index contributed by atoms with van der Waals surface area (Å²) in [6, 6.07) is 0.897. The first-order valence-electron chi connectivity index (χ1n) is 8.74. The van der Waals surface area contributed by atoms with E-state index in [1.165, 1.54) is 23.6 Å². The number of nitriles is 1. The summed E-state index contributed by atoms with van der Waals surface area (Å²) in [4.78, 5) is 37.7. The number of nitrogens with one attached hydrogen (secondary N) is 1. The van der Waals surface area contributed by atoms with Crippen LogP contribution in [0, 0.1) is 23.2 Å². The van der Waals surface area contributed by atoms with Crippen LogP contribution in [0.3, 0.4) is 0 Å². The van der Waals surface area contributed by atoms with Gasteiger partial charge >= 0.3 is 5.97 Å². The van der Waals surface area contributed by atoms with Crippen molar-refractivity contribution in [2.24, 2.45) is 17.6 Å². The van der Waals surface area contributed by atoms with Crippen molar-refractivity contribution >= 4 is 29.5 Å². The molecule has 0 spiro atoms. The minimum atomic E-state index is -1.21. The van der Waals surface area contributed by atoms with Crippen molar-refractivity contribution in [1.82, 2.24) is 10.2 Å². The van der Waals surface area contributed by atoms with Crippen molar-refractivity contribution in [3.63, 3.8) is 0 Å². The summed E-state index contributed by atoms with van der Waals surface area (Å²) in [6.45, 7) is 3.34. The van der Waals surface area contributed by atoms with Crippen molar-refractivity contribution in [2.75, 3.05) is 12.3 Å². The fourth-order valence-corrected chi connectivity index (χ4v) is 4.77. The zero-order valence-corrected chi connectivity index (χ0v) is 16.0. The molecule has 2 aliphatic rings. The third-order valence-electron chi connectivity index (χ3n) is 4.77. The van der Waals surface area contributed by atoms with Gasteiger partial charge in [0, 0.05) is 29.5 Å². The second-order valence-electron chi connectivity index (χ2n) is 6.71. The first-order valence-corrected chi connectivity index (χ1v) is 9.72. The molecule has 0 radical (unpaired) electrons. The predicted molar refractivity (Wildman–Crippen MR) is 97.9 cm³/mol. The summed E-state index contributed by atoms with van der Waals surface area (Å²) in [5, 5.41) is 31.1. The highest BCUT2D eigenvalue weighted by Gasteiger charge is 2.60. The summed E-state index contributed by atoms with van der Waals surface area (Å²) in [5.41, 5.74) is 5.45. The molecule has 0 saturated carbocycles. The molecule has 5 N–H and O–H groups in total. The molecule has 2 rings (SSSR count). The van der Waals surface area contributed by atoms with Gasteiger partial charge < -0.3 is 26.2 Å². The number of aliphatic carboxylic acids is 1. The Morgan fingerprint density at radius 2 is 2.11 bits per heavy atom. The Morgan fingerprint density at radius 3 is 2.63 bits per heavy atom. The maximum atomic E-state index is 12.4. The van der Waals surface area contributed by atoms with Crippen LogP contribution >= 0.6 is 11.8 Å². The molecule has 0 aromatic rings. The van der Waals surface area contributed by atoms with E-state index in [4.69, 9.17) is 11.0 Å². The molecule has 2 aliphatic heterocycles. The molecular formula is C17H24N4O5S. The van der Waals surface area contributed by atoms with E-state index >= 15 is 0 Å². The van der Waals surface area contributed by atoms with Gasteiger partial charge in [-0.3, -0.25) is 9.59 Å². The Kier molecular flexibility index (Phi) is 6.86. The molecule has 5 atom stereocenters. The Labute approximate surface area is 161 Å². The number of amides is 2. The highest BCUT2D eigenvalue weighted by molar-refractivity contribution is 8.03. The van der Waals surface area contributed by atoms with E-state index in [0.29, 0.717) is 17.1 Å². The molecule has 2 heterocycles. The monoisotopic (exact) mass is 396 g/mol. The number of carboxylic acids is 1. The van der Waals surface area contributed by atoms with Crippen LogP contribution in [0.15, 0.2) is 10.6 Å². The number of rotatable bonds is 9. The summed E-state index contributed by atoms with van der Waals surface area (Å²) in [5.74, 6) is -2.54. The van der Waals surface area contributed by atoms with Gasteiger partial charge in [-0.05, 0) is 20.3 Å². The molecule has 0 bridgehead atoms. The SMILES string of the molecule is C[C@H](N)C(=O)NCC[C@H]1C(SCCC#N)=C(C(=O)O)N2C(=O)[C@H]([C@@H](C)O)[C@@H]12. The number of carboxylic acid groups (broad SMARTS) is 1. The van der Waals surface area contributed by atoms with Gasteiger partial charge in [0.1, 0.15) is 5.70 Å². The molecule has 9 nitrogen and oxygen atoms in total. The van der Waals surface area contributed by atoms with Crippen LogP contribution in [0.2, 0.25) is 0 Å². The van der Waals surface area contributed by atoms with E-state index < -0.39 is 36.0 Å². The Bertz CT molecular complexity index is 700. The Hall–Kier alpha value is -2.09. The number of aliphatic hydroxyl groups is 1. The fraction of sp³-hybridized carbons (Fsp3) is 0.647. The van der Waals surface area contributed by atoms with E-state index in [0.717, 1.165) is 0 Å². The van der Waals surface area contributed by atoms with E-state index in [2.05, 4.69) is 5.32 Å². The number of hydrogen-bond donors (Lipinski definition) is 4. The summed E-state index contributed by atoms with van der Waals surface area (Å²) in [6.07, 6.45) is -0.256. The highest BCUT2D eigenvalue weighted by atomic mass is 32.2. The molecule has 10 heteroatoms. The van der Waals surface area contributed by atoms with Crippen LogP contribution in [-0.2, 0) is 14.4 Å². The zero-order chi connectivity index (χ0) is 20.3. The first kappa shape index (κ1) is 21.2. The average molecular weight is 396 g/mol. The summed E-state index contributed by atoms with van der Waals surface area (Å²) >= 11 is 1.24. The third kappa shape index (κ3) is 4.10. The molecular weight excluding hydrogens is 372 g/mol. The molecule has 1 fully saturated rings. The third-order valence-corrected chi connectivity index (χ3v) is 5.99. The van der Waals surface area contributed by atoms with Crippen molar-refractivity contribution in [3.05, 3.63) is 10.6 Å². The Balaban J connectivity index is 2.26. The number of nitrogens with zero attached hydrogens (tertiary/aromatic N) is 2. The maximum absolute atomic E-state index is 12.4. The number of carbonyl (C=O) groups is 3. The van der Waals surface area contributed by atoms with Crippen molar-refractivity contribution in [2.45, 2.75) is 44.9 Å². The molecule has 0 unspecified atom stereocenters. The minimum absolute atomic E-state index is 0.0756. The average Bonchev–Trinajstić information content (AvgIpc) is 2.85. The van der Waals surface area contributed by atoms with Crippen LogP contribution in [0.1, 0.15) is 26.7 Å². The van der Waals surface area contributed by atoms with E-state index in [1.54, 1.807) is 6.92 Å². The number of fused-ring (bicyclic) bond motifs is 1. The summed E-state index contributed by atoms with van der Waals surface area (Å²) < 4.78 is 0. The second-order valence-corrected chi connectivity index (χ2v) is 7.85. The van der Waals surface area contributed by atoms with Gasteiger partial charge in [0.25, 0.3) is 0 Å². The van der Waals surface area contributed by atoms with E-state index in [9.17, 15) is 24.6 Å². The number of carbonyl (C=O) groups excluding carboxylic acids is 2. The molecule has 0 aliphatic carbocycles. The number of aliphatic hydroxyl groups excluding tert-OH is 1. The van der Waals surface area contributed by atoms with Gasteiger partial charge in [-0.25, -0.2) is 4.79 Å². The standard InChI is InChI=1S/C17H24N4O5S/c1-8(19)15(23)20-6-4-10-12-11(9(2)22)16(24)21(12)13(17(25)26)14(10)27-7-3-5-18/h8-12,22H,3-4,6-7,19H2,1-2H3,(H,20,23)(H,25,26)/t8-,9+,10+,11+,12+/m0/s1. The molecule has 0 aromatic carbocycles. The predicted octanol–water partition coefficient (Wildman–Crippen LogP) is -0.379. The van der Waals surface area contributed by atoms with E-state index in [1.807, 2.05) is 6.07 Å². The molecule has 2 amide bonds. The highest BCUT2D eigenvalue weighted by Crippen LogP contribution is 2.51. The van der Waals surface area contributed by atoms with Gasteiger partial charge in [-0.2, -0.15) is 5.26 Å². The van der Waals surface area contributed by atoms with Gasteiger partial charge in [0.05, 0.1) is 30.2 Å². The zero-order valence-electron chi connectivity index (χ0n) is 15.2. The first-order chi connectivity index (χ1) is 12.7. The largest absolute Gasteiger partial charge is 0.477 e. The fourth-order valence-electron chi connectivity index (χ4n) is 3.57. The normalized spacial score (nSPS) is 26.1. The van der Waals surface area contributed by atoms with Crippen LogP contribution in [0.5, 0.6) is 0 Å². The van der Waals surface area contributed by atoms with Crippen LogP contribution in [0.4, 0.5) is 0 Å². The Morgan fingerprint density at radius 1 is 1.44 bits per heavy atom. The smallest absolute Gasteiger partial charge is 0.353 e. The molecule has 1 saturated heterocycles. The minimum Gasteiger partial charge on any atom is -0.477 e. The lowest BCUT2D eigenvalue weighted by molar-refractivity contribution is -0.163. The van der Waals surface area contributed by atoms with Crippen LogP contribution in [0.25, 0.3) is 0 Å².